The van der Waals surface area contributed by atoms with Crippen molar-refractivity contribution in [2.75, 3.05) is 6.61 Å². The van der Waals surface area contributed by atoms with Crippen LogP contribution in [0.5, 0.6) is 0 Å². The highest BCUT2D eigenvalue weighted by Gasteiger charge is 2.30. The van der Waals surface area contributed by atoms with Crippen LogP contribution in [0.15, 0.2) is 18.2 Å². The van der Waals surface area contributed by atoms with Crippen LogP contribution >= 0.6 is 11.6 Å². The molecule has 1 aromatic rings. The normalized spacial score (nSPS) is 17.9. The number of carbonyl (C=O) groups excluding carboxylic acids is 1. The van der Waals surface area contributed by atoms with Crippen LogP contribution in [-0.4, -0.2) is 18.5 Å². The molecule has 0 heterocycles. The topological polar surface area (TPSA) is 26.3 Å². The predicted molar refractivity (Wildman–Crippen MR) is 82.5 cm³/mol. The van der Waals surface area contributed by atoms with Crippen LogP contribution < -0.4 is 0 Å². The average Bonchev–Trinajstić information content (AvgIpc) is 2.48. The highest BCUT2D eigenvalue weighted by atomic mass is 35.5. The molecule has 1 fully saturated rings. The zero-order valence-electron chi connectivity index (χ0n) is 12.3. The van der Waals surface area contributed by atoms with Gasteiger partial charge in [-0.3, -0.25) is 4.79 Å². The van der Waals surface area contributed by atoms with Crippen molar-refractivity contribution < 1.29 is 9.53 Å². The number of carbonyl (C=O) groups is 1. The van der Waals surface area contributed by atoms with Gasteiger partial charge in [-0.15, -0.1) is 0 Å². The van der Waals surface area contributed by atoms with E-state index in [4.69, 9.17) is 16.3 Å². The molecule has 0 radical (unpaired) electrons. The van der Waals surface area contributed by atoms with E-state index in [-0.39, 0.29) is 11.9 Å². The Morgan fingerprint density at radius 3 is 2.65 bits per heavy atom. The molecule has 0 N–H and O–H groups in total. The van der Waals surface area contributed by atoms with Crippen molar-refractivity contribution in [1.82, 2.24) is 0 Å². The summed E-state index contributed by atoms with van der Waals surface area (Å²) in [6, 6.07) is 5.53. The van der Waals surface area contributed by atoms with Crippen molar-refractivity contribution in [2.24, 2.45) is 5.92 Å². The molecule has 0 saturated heterocycles. The SMILES string of the molecule is CCOC(C(=O)c1ccc(C)c(Cl)c1)C1CCCCC1. The van der Waals surface area contributed by atoms with Gasteiger partial charge in [0.1, 0.15) is 6.10 Å². The van der Waals surface area contributed by atoms with Crippen molar-refractivity contribution in [3.05, 3.63) is 34.3 Å². The third kappa shape index (κ3) is 3.62. The van der Waals surface area contributed by atoms with Crippen LogP contribution in [0.25, 0.3) is 0 Å². The molecular weight excluding hydrogens is 272 g/mol. The van der Waals surface area contributed by atoms with Gasteiger partial charge in [0.15, 0.2) is 5.78 Å². The lowest BCUT2D eigenvalue weighted by atomic mass is 9.82. The summed E-state index contributed by atoms with van der Waals surface area (Å²) in [5.74, 6) is 0.442. The first-order valence-electron chi connectivity index (χ1n) is 7.55. The highest BCUT2D eigenvalue weighted by Crippen LogP contribution is 2.30. The first-order chi connectivity index (χ1) is 9.63. The maximum atomic E-state index is 12.7. The molecule has 0 spiro atoms. The van der Waals surface area contributed by atoms with Gasteiger partial charge in [-0.25, -0.2) is 0 Å². The fourth-order valence-corrected chi connectivity index (χ4v) is 3.13. The number of halogens is 1. The number of ether oxygens (including phenoxy) is 1. The van der Waals surface area contributed by atoms with E-state index < -0.39 is 0 Å². The third-order valence-electron chi connectivity index (χ3n) is 4.14. The molecule has 3 heteroatoms. The number of ketones is 1. The Balaban J connectivity index is 2.18. The van der Waals surface area contributed by atoms with Crippen molar-refractivity contribution in [2.45, 2.75) is 52.1 Å². The summed E-state index contributed by atoms with van der Waals surface area (Å²) in [6.45, 7) is 4.47. The van der Waals surface area contributed by atoms with Crippen LogP contribution in [0.4, 0.5) is 0 Å². The minimum absolute atomic E-state index is 0.0839. The van der Waals surface area contributed by atoms with Gasteiger partial charge < -0.3 is 4.74 Å². The fraction of sp³-hybridized carbons (Fsp3) is 0.588. The Kier molecular flexibility index (Phi) is 5.62. The smallest absolute Gasteiger partial charge is 0.191 e. The van der Waals surface area contributed by atoms with E-state index in [0.29, 0.717) is 23.1 Å². The second kappa shape index (κ2) is 7.24. The van der Waals surface area contributed by atoms with Gasteiger partial charge in [0.2, 0.25) is 0 Å². The number of rotatable bonds is 5. The maximum Gasteiger partial charge on any atom is 0.191 e. The Bertz CT molecular complexity index is 464. The largest absolute Gasteiger partial charge is 0.370 e. The second-order valence-electron chi connectivity index (χ2n) is 5.60. The summed E-state index contributed by atoms with van der Waals surface area (Å²) >= 11 is 6.13. The van der Waals surface area contributed by atoms with Gasteiger partial charge in [-0.2, -0.15) is 0 Å². The highest BCUT2D eigenvalue weighted by molar-refractivity contribution is 6.31. The van der Waals surface area contributed by atoms with E-state index in [0.717, 1.165) is 18.4 Å². The number of Topliss-reactive ketones (excluding diaryl/α,β-unsaturated/α-hetero) is 1. The molecule has 20 heavy (non-hydrogen) atoms. The summed E-state index contributed by atoms with van der Waals surface area (Å²) in [5, 5.41) is 0.648. The lowest BCUT2D eigenvalue weighted by molar-refractivity contribution is 0.0127. The van der Waals surface area contributed by atoms with Gasteiger partial charge in [0.25, 0.3) is 0 Å². The molecule has 1 atom stereocenters. The summed E-state index contributed by atoms with van der Waals surface area (Å²) < 4.78 is 5.78. The standard InChI is InChI=1S/C17H23ClO2/c1-3-20-17(13-7-5-4-6-8-13)16(19)14-10-9-12(2)15(18)11-14/h9-11,13,17H,3-8H2,1-2H3. The molecule has 1 unspecified atom stereocenters. The summed E-state index contributed by atoms with van der Waals surface area (Å²) in [7, 11) is 0. The molecule has 2 rings (SSSR count). The minimum Gasteiger partial charge on any atom is -0.370 e. The first-order valence-corrected chi connectivity index (χ1v) is 7.93. The monoisotopic (exact) mass is 294 g/mol. The second-order valence-corrected chi connectivity index (χ2v) is 6.01. The molecule has 0 bridgehead atoms. The molecule has 1 aromatic carbocycles. The molecule has 1 aliphatic rings. The number of hydrogen-bond donors (Lipinski definition) is 0. The van der Waals surface area contributed by atoms with Crippen LogP contribution in [-0.2, 0) is 4.74 Å². The molecule has 1 aliphatic carbocycles. The van der Waals surface area contributed by atoms with Crippen LogP contribution in [0.3, 0.4) is 0 Å². The average molecular weight is 295 g/mol. The van der Waals surface area contributed by atoms with E-state index >= 15 is 0 Å². The maximum absolute atomic E-state index is 12.7. The van der Waals surface area contributed by atoms with E-state index in [1.807, 2.05) is 26.0 Å². The molecule has 0 aliphatic heterocycles. The van der Waals surface area contributed by atoms with Gasteiger partial charge in [0, 0.05) is 17.2 Å². The molecular formula is C17H23ClO2. The van der Waals surface area contributed by atoms with Crippen molar-refractivity contribution in [3.8, 4) is 0 Å². The zero-order chi connectivity index (χ0) is 14.5. The van der Waals surface area contributed by atoms with Crippen molar-refractivity contribution >= 4 is 17.4 Å². The van der Waals surface area contributed by atoms with Crippen molar-refractivity contribution in [3.63, 3.8) is 0 Å². The predicted octanol–water partition coefficient (Wildman–Crippen LogP) is 4.82. The van der Waals surface area contributed by atoms with Gasteiger partial charge in [0.05, 0.1) is 0 Å². The van der Waals surface area contributed by atoms with Crippen LogP contribution in [0, 0.1) is 12.8 Å². The summed E-state index contributed by atoms with van der Waals surface area (Å²) in [5.41, 5.74) is 1.67. The van der Waals surface area contributed by atoms with Crippen LogP contribution in [0.2, 0.25) is 5.02 Å². The number of hydrogen-bond acceptors (Lipinski definition) is 2. The molecule has 1 saturated carbocycles. The number of aryl methyl sites for hydroxylation is 1. The Morgan fingerprint density at radius 1 is 1.35 bits per heavy atom. The first kappa shape index (κ1) is 15.5. The van der Waals surface area contributed by atoms with E-state index in [2.05, 4.69) is 0 Å². The van der Waals surface area contributed by atoms with Crippen molar-refractivity contribution in [1.29, 1.82) is 0 Å². The lowest BCUT2D eigenvalue weighted by Crippen LogP contribution is -2.34. The van der Waals surface area contributed by atoms with Gasteiger partial charge in [-0.1, -0.05) is 43.0 Å². The van der Waals surface area contributed by atoms with Gasteiger partial charge in [-0.05, 0) is 44.2 Å². The Hall–Kier alpha value is -0.860. The number of benzene rings is 1. The molecule has 110 valence electrons. The van der Waals surface area contributed by atoms with Gasteiger partial charge >= 0.3 is 0 Å². The third-order valence-corrected chi connectivity index (χ3v) is 4.55. The zero-order valence-corrected chi connectivity index (χ0v) is 13.1. The van der Waals surface area contributed by atoms with E-state index in [1.54, 1.807) is 6.07 Å². The molecule has 0 aromatic heterocycles. The molecule has 2 nitrogen and oxygen atoms in total. The summed E-state index contributed by atoms with van der Waals surface area (Å²) in [4.78, 5) is 12.7. The fourth-order valence-electron chi connectivity index (χ4n) is 2.95. The van der Waals surface area contributed by atoms with Crippen LogP contribution in [0.1, 0.15) is 54.9 Å². The quantitative estimate of drug-likeness (QED) is 0.728. The Labute approximate surface area is 126 Å². The minimum atomic E-state index is -0.306. The Morgan fingerprint density at radius 2 is 2.05 bits per heavy atom. The molecule has 0 amide bonds. The lowest BCUT2D eigenvalue weighted by Gasteiger charge is -2.29. The van der Waals surface area contributed by atoms with E-state index in [1.165, 1.54) is 19.3 Å². The van der Waals surface area contributed by atoms with E-state index in [9.17, 15) is 4.79 Å². The summed E-state index contributed by atoms with van der Waals surface area (Å²) in [6.07, 6.45) is 5.57.